The van der Waals surface area contributed by atoms with Crippen molar-refractivity contribution >= 4 is 13.1 Å². The molecular formula is C15H25BO4. The monoisotopic (exact) mass is 280 g/mol. The van der Waals surface area contributed by atoms with Crippen molar-refractivity contribution in [1.82, 2.24) is 0 Å². The standard InChI is InChI=1S/C15H25BO4/c1-14(2)15(3,4)20-16(19-14)12-8-6-11(7-9-12)10-13(17)18-5/h8,11H,6-7,9-10H2,1-5H3/t11-/m0/s1. The molecule has 0 amide bonds. The second kappa shape index (κ2) is 5.53. The van der Waals surface area contributed by atoms with E-state index in [-0.39, 0.29) is 24.3 Å². The normalized spacial score (nSPS) is 28.1. The third-order valence-electron chi connectivity index (χ3n) is 4.79. The number of carbonyl (C=O) groups is 1. The van der Waals surface area contributed by atoms with Gasteiger partial charge in [0, 0.05) is 6.42 Å². The average molecular weight is 280 g/mol. The zero-order valence-corrected chi connectivity index (χ0v) is 13.2. The molecule has 0 radical (unpaired) electrons. The average Bonchev–Trinajstić information content (AvgIpc) is 2.59. The van der Waals surface area contributed by atoms with E-state index in [1.807, 2.05) is 0 Å². The van der Waals surface area contributed by atoms with E-state index in [1.54, 1.807) is 0 Å². The summed E-state index contributed by atoms with van der Waals surface area (Å²) in [6.45, 7) is 8.26. The van der Waals surface area contributed by atoms with Crippen LogP contribution in [0.3, 0.4) is 0 Å². The van der Waals surface area contributed by atoms with Gasteiger partial charge in [-0.15, -0.1) is 0 Å². The van der Waals surface area contributed by atoms with E-state index in [9.17, 15) is 4.79 Å². The van der Waals surface area contributed by atoms with E-state index < -0.39 is 0 Å². The van der Waals surface area contributed by atoms with Gasteiger partial charge in [-0.3, -0.25) is 4.79 Å². The van der Waals surface area contributed by atoms with E-state index in [2.05, 4.69) is 33.8 Å². The van der Waals surface area contributed by atoms with E-state index in [0.717, 1.165) is 19.3 Å². The molecule has 0 saturated carbocycles. The van der Waals surface area contributed by atoms with Crippen molar-refractivity contribution < 1.29 is 18.8 Å². The molecular weight excluding hydrogens is 255 g/mol. The molecule has 5 heteroatoms. The molecule has 0 unspecified atom stereocenters. The number of esters is 1. The minimum atomic E-state index is -0.290. The zero-order valence-electron chi connectivity index (χ0n) is 13.2. The van der Waals surface area contributed by atoms with Gasteiger partial charge < -0.3 is 14.0 Å². The molecule has 1 aliphatic heterocycles. The highest BCUT2D eigenvalue weighted by Crippen LogP contribution is 2.40. The van der Waals surface area contributed by atoms with Crippen molar-refractivity contribution in [3.8, 4) is 0 Å². The summed E-state index contributed by atoms with van der Waals surface area (Å²) in [4.78, 5) is 11.3. The smallest absolute Gasteiger partial charge is 0.469 e. The number of ether oxygens (including phenoxy) is 1. The summed E-state index contributed by atoms with van der Waals surface area (Å²) in [5.41, 5.74) is 0.632. The Morgan fingerprint density at radius 3 is 2.40 bits per heavy atom. The second-order valence-electron chi connectivity index (χ2n) is 6.79. The van der Waals surface area contributed by atoms with Crippen LogP contribution in [0.5, 0.6) is 0 Å². The maximum Gasteiger partial charge on any atom is 0.490 e. The molecule has 0 aromatic rings. The molecule has 0 N–H and O–H groups in total. The molecule has 0 spiro atoms. The molecule has 112 valence electrons. The van der Waals surface area contributed by atoms with Gasteiger partial charge in [0.15, 0.2) is 0 Å². The number of allylic oxidation sites excluding steroid dienone is 2. The molecule has 0 aromatic carbocycles. The first kappa shape index (κ1) is 15.6. The summed E-state index contributed by atoms with van der Waals surface area (Å²) in [5, 5.41) is 0. The number of hydrogen-bond donors (Lipinski definition) is 0. The molecule has 0 bridgehead atoms. The Bertz CT molecular complexity index is 398. The summed E-state index contributed by atoms with van der Waals surface area (Å²) in [7, 11) is 1.20. The van der Waals surface area contributed by atoms with Gasteiger partial charge in [-0.25, -0.2) is 0 Å². The summed E-state index contributed by atoms with van der Waals surface area (Å²) in [5.74, 6) is 0.260. The Hall–Kier alpha value is -0.805. The molecule has 1 heterocycles. The fourth-order valence-electron chi connectivity index (χ4n) is 2.62. The predicted octanol–water partition coefficient (Wildman–Crippen LogP) is 2.91. The lowest BCUT2D eigenvalue weighted by atomic mass is 9.70. The third kappa shape index (κ3) is 3.09. The minimum absolute atomic E-state index is 0.123. The van der Waals surface area contributed by atoms with Crippen molar-refractivity contribution in [3.05, 3.63) is 11.5 Å². The van der Waals surface area contributed by atoms with E-state index in [0.29, 0.717) is 12.3 Å². The van der Waals surface area contributed by atoms with Crippen LogP contribution < -0.4 is 0 Å². The first-order chi connectivity index (χ1) is 9.25. The predicted molar refractivity (Wildman–Crippen MR) is 78.1 cm³/mol. The largest absolute Gasteiger partial charge is 0.490 e. The molecule has 20 heavy (non-hydrogen) atoms. The molecule has 1 fully saturated rings. The number of methoxy groups -OCH3 is 1. The van der Waals surface area contributed by atoms with Crippen LogP contribution in [0.25, 0.3) is 0 Å². The van der Waals surface area contributed by atoms with Crippen LogP contribution in [-0.2, 0) is 18.8 Å². The number of rotatable bonds is 3. The molecule has 1 aliphatic carbocycles. The fourth-order valence-corrected chi connectivity index (χ4v) is 2.62. The maximum absolute atomic E-state index is 11.3. The van der Waals surface area contributed by atoms with Crippen LogP contribution in [0.4, 0.5) is 0 Å². The Morgan fingerprint density at radius 1 is 1.35 bits per heavy atom. The lowest BCUT2D eigenvalue weighted by Crippen LogP contribution is -2.41. The van der Waals surface area contributed by atoms with Crippen LogP contribution in [0.1, 0.15) is 53.4 Å². The van der Waals surface area contributed by atoms with Crippen molar-refractivity contribution in [2.24, 2.45) is 5.92 Å². The summed E-state index contributed by atoms with van der Waals surface area (Å²) in [6.07, 6.45) is 5.50. The number of hydrogen-bond acceptors (Lipinski definition) is 4. The lowest BCUT2D eigenvalue weighted by molar-refractivity contribution is -0.141. The summed E-state index contributed by atoms with van der Waals surface area (Å²) >= 11 is 0. The first-order valence-electron chi connectivity index (χ1n) is 7.36. The molecule has 1 saturated heterocycles. The highest BCUT2D eigenvalue weighted by molar-refractivity contribution is 6.54. The van der Waals surface area contributed by atoms with Gasteiger partial charge in [-0.2, -0.15) is 0 Å². The minimum Gasteiger partial charge on any atom is -0.469 e. The first-order valence-corrected chi connectivity index (χ1v) is 7.36. The molecule has 2 aliphatic rings. The summed E-state index contributed by atoms with van der Waals surface area (Å²) < 4.78 is 16.8. The van der Waals surface area contributed by atoms with Gasteiger partial charge in [0.2, 0.25) is 0 Å². The van der Waals surface area contributed by atoms with Crippen LogP contribution in [0, 0.1) is 5.92 Å². The van der Waals surface area contributed by atoms with Crippen LogP contribution in [0.15, 0.2) is 11.5 Å². The van der Waals surface area contributed by atoms with Crippen LogP contribution in [-0.4, -0.2) is 31.4 Å². The third-order valence-corrected chi connectivity index (χ3v) is 4.79. The Morgan fingerprint density at radius 2 is 1.95 bits per heavy atom. The molecule has 2 rings (SSSR count). The van der Waals surface area contributed by atoms with Crippen molar-refractivity contribution in [2.75, 3.05) is 7.11 Å². The van der Waals surface area contributed by atoms with Gasteiger partial charge in [0.05, 0.1) is 18.3 Å². The Balaban J connectivity index is 1.95. The van der Waals surface area contributed by atoms with E-state index in [4.69, 9.17) is 14.0 Å². The lowest BCUT2D eigenvalue weighted by Gasteiger charge is -2.32. The van der Waals surface area contributed by atoms with Gasteiger partial charge in [0.25, 0.3) is 0 Å². The van der Waals surface area contributed by atoms with Crippen molar-refractivity contribution in [1.29, 1.82) is 0 Å². The molecule has 4 nitrogen and oxygen atoms in total. The van der Waals surface area contributed by atoms with Gasteiger partial charge in [0.1, 0.15) is 0 Å². The number of carbonyl (C=O) groups excluding carboxylic acids is 1. The van der Waals surface area contributed by atoms with Gasteiger partial charge in [-0.1, -0.05) is 6.08 Å². The topological polar surface area (TPSA) is 44.8 Å². The highest BCUT2D eigenvalue weighted by atomic mass is 16.7. The highest BCUT2D eigenvalue weighted by Gasteiger charge is 2.52. The van der Waals surface area contributed by atoms with Crippen LogP contribution >= 0.6 is 0 Å². The van der Waals surface area contributed by atoms with Crippen molar-refractivity contribution in [2.45, 2.75) is 64.6 Å². The quantitative estimate of drug-likeness (QED) is 0.589. The van der Waals surface area contributed by atoms with E-state index >= 15 is 0 Å². The molecule has 0 aromatic heterocycles. The summed E-state index contributed by atoms with van der Waals surface area (Å²) in [6, 6.07) is 0. The van der Waals surface area contributed by atoms with Gasteiger partial charge >= 0.3 is 13.1 Å². The SMILES string of the molecule is COC(=O)C[C@H]1CC=C(B2OC(C)(C)C(C)(C)O2)CC1. The zero-order chi connectivity index (χ0) is 15.0. The fraction of sp³-hybridized carbons (Fsp3) is 0.800. The Labute approximate surface area is 122 Å². The van der Waals surface area contributed by atoms with Crippen LogP contribution in [0.2, 0.25) is 0 Å². The van der Waals surface area contributed by atoms with Crippen molar-refractivity contribution in [3.63, 3.8) is 0 Å². The van der Waals surface area contributed by atoms with Gasteiger partial charge in [-0.05, 0) is 58.3 Å². The Kier molecular flexibility index (Phi) is 4.31. The second-order valence-corrected chi connectivity index (χ2v) is 6.79. The molecule has 1 atom stereocenters. The van der Waals surface area contributed by atoms with E-state index in [1.165, 1.54) is 12.6 Å². The maximum atomic E-state index is 11.3.